The number of hydrogen-bond acceptors (Lipinski definition) is 4. The van der Waals surface area contributed by atoms with Gasteiger partial charge in [0.1, 0.15) is 5.60 Å². The number of carbonyl (C=O) groups excluding carboxylic acids is 2. The maximum absolute atomic E-state index is 13.6. The van der Waals surface area contributed by atoms with Crippen molar-refractivity contribution < 1.29 is 27.8 Å². The van der Waals surface area contributed by atoms with E-state index in [0.29, 0.717) is 0 Å². The zero-order chi connectivity index (χ0) is 16.2. The van der Waals surface area contributed by atoms with Crippen molar-refractivity contribution in [3.63, 3.8) is 0 Å². The third kappa shape index (κ3) is 4.63. The van der Waals surface area contributed by atoms with Crippen LogP contribution in [0.15, 0.2) is 12.7 Å². The number of alkyl carbamates (subject to hydrolysis) is 1. The Kier molecular flexibility index (Phi) is 5.95. The standard InChI is InChI=1S/C12H18ClF2NO4/c1-6-7-11(8(17)19-5,12(13,14)15)16-9(18)20-10(2,3)4/h6H,1,7H2,2-5H3,(H,16,18). The first-order valence-corrected chi connectivity index (χ1v) is 6.04. The number of hydrogen-bond donors (Lipinski definition) is 1. The molecule has 0 fully saturated rings. The monoisotopic (exact) mass is 313 g/mol. The Morgan fingerprint density at radius 3 is 2.15 bits per heavy atom. The van der Waals surface area contributed by atoms with Gasteiger partial charge < -0.3 is 9.47 Å². The fraction of sp³-hybridized carbons (Fsp3) is 0.667. The molecule has 8 heteroatoms. The molecule has 0 aliphatic heterocycles. The fourth-order valence-corrected chi connectivity index (χ4v) is 1.56. The summed E-state index contributed by atoms with van der Waals surface area (Å²) in [5.41, 5.74) is -3.71. The van der Waals surface area contributed by atoms with Gasteiger partial charge in [-0.1, -0.05) is 6.08 Å². The van der Waals surface area contributed by atoms with Crippen LogP contribution in [0.1, 0.15) is 27.2 Å². The SMILES string of the molecule is C=CCC(NC(=O)OC(C)(C)C)(C(=O)OC)C(F)(F)Cl. The Labute approximate surface area is 121 Å². The molecule has 0 saturated carbocycles. The molecule has 0 aliphatic carbocycles. The number of alkyl halides is 3. The Hall–Kier alpha value is -1.37. The molecule has 0 spiro atoms. The van der Waals surface area contributed by atoms with Crippen molar-refractivity contribution in [3.8, 4) is 0 Å². The molecule has 0 aromatic rings. The van der Waals surface area contributed by atoms with E-state index >= 15 is 0 Å². The third-order valence-electron chi connectivity index (χ3n) is 2.18. The summed E-state index contributed by atoms with van der Waals surface area (Å²) in [6.07, 6.45) is -0.829. The maximum Gasteiger partial charge on any atom is 0.408 e. The molecular formula is C12H18ClF2NO4. The largest absolute Gasteiger partial charge is 0.467 e. The highest BCUT2D eigenvalue weighted by Crippen LogP contribution is 2.37. The number of halogens is 3. The summed E-state index contributed by atoms with van der Waals surface area (Å²) >= 11 is 4.97. The minimum atomic E-state index is -4.09. The van der Waals surface area contributed by atoms with Crippen LogP contribution in [0, 0.1) is 0 Å². The van der Waals surface area contributed by atoms with Gasteiger partial charge in [0, 0.05) is 6.42 Å². The first-order chi connectivity index (χ1) is 8.89. The number of carbonyl (C=O) groups is 2. The van der Waals surface area contributed by atoms with Gasteiger partial charge >= 0.3 is 17.4 Å². The van der Waals surface area contributed by atoms with E-state index in [2.05, 4.69) is 11.3 Å². The van der Waals surface area contributed by atoms with Gasteiger partial charge in [-0.05, 0) is 32.4 Å². The van der Waals surface area contributed by atoms with Gasteiger partial charge in [0.25, 0.3) is 0 Å². The minimum Gasteiger partial charge on any atom is -0.467 e. The third-order valence-corrected chi connectivity index (χ3v) is 2.51. The Morgan fingerprint density at radius 1 is 1.35 bits per heavy atom. The molecule has 20 heavy (non-hydrogen) atoms. The van der Waals surface area contributed by atoms with Crippen LogP contribution >= 0.6 is 11.6 Å². The Morgan fingerprint density at radius 2 is 1.85 bits per heavy atom. The molecule has 1 unspecified atom stereocenters. The van der Waals surface area contributed by atoms with Gasteiger partial charge in [0.15, 0.2) is 0 Å². The lowest BCUT2D eigenvalue weighted by Crippen LogP contribution is -2.64. The molecule has 0 rings (SSSR count). The summed E-state index contributed by atoms with van der Waals surface area (Å²) in [6.45, 7) is 7.89. The zero-order valence-electron chi connectivity index (χ0n) is 11.8. The predicted molar refractivity (Wildman–Crippen MR) is 69.7 cm³/mol. The Bertz CT molecular complexity index is 390. The van der Waals surface area contributed by atoms with Crippen LogP contribution in [0.25, 0.3) is 0 Å². The van der Waals surface area contributed by atoms with Gasteiger partial charge in [-0.2, -0.15) is 8.78 Å². The van der Waals surface area contributed by atoms with Crippen LogP contribution in [0.4, 0.5) is 13.6 Å². The summed E-state index contributed by atoms with van der Waals surface area (Å²) in [4.78, 5) is 23.3. The lowest BCUT2D eigenvalue weighted by atomic mass is 9.95. The van der Waals surface area contributed by atoms with Crippen molar-refractivity contribution in [2.24, 2.45) is 0 Å². The molecule has 116 valence electrons. The van der Waals surface area contributed by atoms with Crippen molar-refractivity contribution in [1.29, 1.82) is 0 Å². The smallest absolute Gasteiger partial charge is 0.408 e. The summed E-state index contributed by atoms with van der Waals surface area (Å²) in [5.74, 6) is -1.40. The van der Waals surface area contributed by atoms with E-state index in [9.17, 15) is 18.4 Å². The van der Waals surface area contributed by atoms with Crippen molar-refractivity contribution in [3.05, 3.63) is 12.7 Å². The molecular weight excluding hydrogens is 296 g/mol. The molecule has 0 aromatic carbocycles. The molecule has 1 atom stereocenters. The molecule has 1 N–H and O–H groups in total. The summed E-state index contributed by atoms with van der Waals surface area (Å²) in [6, 6.07) is 0. The fourth-order valence-electron chi connectivity index (χ4n) is 1.36. The number of rotatable bonds is 5. The number of amides is 1. The summed E-state index contributed by atoms with van der Waals surface area (Å²) in [5, 5.41) is -2.30. The van der Waals surface area contributed by atoms with Crippen LogP contribution < -0.4 is 5.32 Å². The van der Waals surface area contributed by atoms with Crippen LogP contribution in [-0.4, -0.2) is 35.7 Å². The first kappa shape index (κ1) is 18.6. The summed E-state index contributed by atoms with van der Waals surface area (Å²) < 4.78 is 36.4. The van der Waals surface area contributed by atoms with Crippen LogP contribution in [0.2, 0.25) is 0 Å². The number of nitrogens with one attached hydrogen (secondary N) is 1. The van der Waals surface area contributed by atoms with Gasteiger partial charge in [0.2, 0.25) is 5.54 Å². The van der Waals surface area contributed by atoms with E-state index in [1.807, 2.05) is 0 Å². The lowest BCUT2D eigenvalue weighted by Gasteiger charge is -2.34. The molecule has 1 amide bonds. The molecule has 0 aliphatic rings. The predicted octanol–water partition coefficient (Wildman–Crippen LogP) is 2.83. The first-order valence-electron chi connectivity index (χ1n) is 5.67. The maximum atomic E-state index is 13.6. The molecule has 0 aromatic heterocycles. The van der Waals surface area contributed by atoms with Crippen LogP contribution in [0.3, 0.4) is 0 Å². The second-order valence-electron chi connectivity index (χ2n) is 5.01. The minimum absolute atomic E-state index is 0.630. The molecule has 0 bridgehead atoms. The highest BCUT2D eigenvalue weighted by atomic mass is 35.5. The van der Waals surface area contributed by atoms with Crippen molar-refractivity contribution in [2.75, 3.05) is 7.11 Å². The average Bonchev–Trinajstić information content (AvgIpc) is 2.22. The molecule has 5 nitrogen and oxygen atoms in total. The van der Waals surface area contributed by atoms with Crippen LogP contribution in [-0.2, 0) is 14.3 Å². The van der Waals surface area contributed by atoms with Crippen molar-refractivity contribution in [2.45, 2.75) is 43.7 Å². The molecule has 0 saturated heterocycles. The number of esters is 1. The Balaban J connectivity index is 5.47. The van der Waals surface area contributed by atoms with E-state index in [4.69, 9.17) is 16.3 Å². The van der Waals surface area contributed by atoms with E-state index in [0.717, 1.165) is 13.2 Å². The normalized spacial score (nSPS) is 14.9. The van der Waals surface area contributed by atoms with Crippen molar-refractivity contribution in [1.82, 2.24) is 5.32 Å². The van der Waals surface area contributed by atoms with Gasteiger partial charge in [-0.3, -0.25) is 5.32 Å². The highest BCUT2D eigenvalue weighted by Gasteiger charge is 2.60. The number of ether oxygens (including phenoxy) is 2. The highest BCUT2D eigenvalue weighted by molar-refractivity contribution is 6.24. The number of methoxy groups -OCH3 is 1. The zero-order valence-corrected chi connectivity index (χ0v) is 12.5. The van der Waals surface area contributed by atoms with E-state index in [1.54, 1.807) is 26.1 Å². The molecule has 0 heterocycles. The average molecular weight is 314 g/mol. The topological polar surface area (TPSA) is 64.6 Å². The van der Waals surface area contributed by atoms with Gasteiger partial charge in [0.05, 0.1) is 7.11 Å². The van der Waals surface area contributed by atoms with E-state index in [-0.39, 0.29) is 0 Å². The molecule has 0 radical (unpaired) electrons. The summed E-state index contributed by atoms with van der Waals surface area (Å²) in [7, 11) is 0.902. The second kappa shape index (κ2) is 6.39. The van der Waals surface area contributed by atoms with Crippen LogP contribution in [0.5, 0.6) is 0 Å². The quantitative estimate of drug-likeness (QED) is 0.481. The van der Waals surface area contributed by atoms with E-state index in [1.165, 1.54) is 0 Å². The second-order valence-corrected chi connectivity index (χ2v) is 5.49. The lowest BCUT2D eigenvalue weighted by molar-refractivity contribution is -0.159. The van der Waals surface area contributed by atoms with Gasteiger partial charge in [-0.25, -0.2) is 9.59 Å². The van der Waals surface area contributed by atoms with Gasteiger partial charge in [-0.15, -0.1) is 6.58 Å². The van der Waals surface area contributed by atoms with E-state index < -0.39 is 35.0 Å². The van der Waals surface area contributed by atoms with Crippen molar-refractivity contribution >= 4 is 23.7 Å².